The number of benzene rings is 2. The Morgan fingerprint density at radius 3 is 2.21 bits per heavy atom. The summed E-state index contributed by atoms with van der Waals surface area (Å²) in [6, 6.07) is 12.4. The third kappa shape index (κ3) is 3.89. The molecule has 0 bridgehead atoms. The highest BCUT2D eigenvalue weighted by Gasteiger charge is 2.48. The largest absolute Gasteiger partial charge is 0.426 e. The van der Waals surface area contributed by atoms with Gasteiger partial charge < -0.3 is 9.64 Å². The first-order chi connectivity index (χ1) is 16.3. The van der Waals surface area contributed by atoms with E-state index in [2.05, 4.69) is 0 Å². The summed E-state index contributed by atoms with van der Waals surface area (Å²) in [6.45, 7) is 4.19. The smallest absolute Gasteiger partial charge is 0.316 e. The van der Waals surface area contributed by atoms with Gasteiger partial charge in [0.1, 0.15) is 5.75 Å². The second-order valence-corrected chi connectivity index (χ2v) is 9.62. The van der Waals surface area contributed by atoms with E-state index in [1.807, 2.05) is 32.0 Å². The van der Waals surface area contributed by atoms with Crippen LogP contribution in [0.1, 0.15) is 43.2 Å². The Bertz CT molecular complexity index is 1150. The maximum Gasteiger partial charge on any atom is 0.316 e. The molecule has 2 saturated heterocycles. The van der Waals surface area contributed by atoms with Crippen molar-refractivity contribution >= 4 is 35.1 Å². The van der Waals surface area contributed by atoms with Crippen molar-refractivity contribution in [2.24, 2.45) is 17.8 Å². The average molecular weight is 461 g/mol. The van der Waals surface area contributed by atoms with Crippen molar-refractivity contribution in [3.63, 3.8) is 0 Å². The summed E-state index contributed by atoms with van der Waals surface area (Å²) in [5.74, 6) is -1.48. The average Bonchev–Trinajstić information content (AvgIpc) is 3.34. The zero-order valence-electron chi connectivity index (χ0n) is 19.5. The summed E-state index contributed by atoms with van der Waals surface area (Å²) in [5, 5.41) is 0. The zero-order valence-corrected chi connectivity index (χ0v) is 19.5. The van der Waals surface area contributed by atoms with Crippen LogP contribution in [0.15, 0.2) is 42.5 Å². The standard InChI is InChI=1S/C27H28N2O5/c1-16-7-8-17(2)23(13-16)28-15-18(14-24(28)30)27(33)34-20-11-9-19(10-12-20)29-25(31)21-5-3-4-6-22(21)26(29)32/h7-13,18,21-22H,3-6,14-15H2,1-2H3/t18-,21+,22+/m1/s1. The molecule has 0 radical (unpaired) electrons. The van der Waals surface area contributed by atoms with E-state index < -0.39 is 11.9 Å². The van der Waals surface area contributed by atoms with Gasteiger partial charge in [-0.15, -0.1) is 0 Å². The van der Waals surface area contributed by atoms with Gasteiger partial charge in [-0.2, -0.15) is 0 Å². The summed E-state index contributed by atoms with van der Waals surface area (Å²) in [7, 11) is 0. The number of rotatable bonds is 4. The van der Waals surface area contributed by atoms with E-state index in [0.29, 0.717) is 11.4 Å². The van der Waals surface area contributed by atoms with Crippen molar-refractivity contribution < 1.29 is 23.9 Å². The summed E-state index contributed by atoms with van der Waals surface area (Å²) >= 11 is 0. The monoisotopic (exact) mass is 460 g/mol. The number of carbonyl (C=O) groups excluding carboxylic acids is 4. The van der Waals surface area contributed by atoms with E-state index in [9.17, 15) is 19.2 Å². The first-order valence-electron chi connectivity index (χ1n) is 11.9. The molecule has 7 heteroatoms. The summed E-state index contributed by atoms with van der Waals surface area (Å²) in [6.07, 6.45) is 3.59. The van der Waals surface area contributed by atoms with Crippen LogP contribution in [-0.2, 0) is 19.2 Å². The Morgan fingerprint density at radius 1 is 0.912 bits per heavy atom. The molecular weight excluding hydrogens is 432 g/mol. The minimum atomic E-state index is -0.558. The molecule has 1 aliphatic carbocycles. The number of fused-ring (bicyclic) bond motifs is 1. The molecule has 3 aliphatic rings. The maximum absolute atomic E-state index is 12.8. The third-order valence-electron chi connectivity index (χ3n) is 7.27. The molecule has 2 aromatic carbocycles. The highest BCUT2D eigenvalue weighted by molar-refractivity contribution is 6.22. The molecule has 2 heterocycles. The number of esters is 1. The van der Waals surface area contributed by atoms with Gasteiger partial charge in [-0.3, -0.25) is 24.1 Å². The minimum Gasteiger partial charge on any atom is -0.426 e. The lowest BCUT2D eigenvalue weighted by molar-refractivity contribution is -0.139. The summed E-state index contributed by atoms with van der Waals surface area (Å²) < 4.78 is 5.54. The second kappa shape index (κ2) is 8.70. The fourth-order valence-electron chi connectivity index (χ4n) is 5.39. The lowest BCUT2D eigenvalue weighted by Gasteiger charge is -2.19. The van der Waals surface area contributed by atoms with Crippen molar-refractivity contribution in [2.45, 2.75) is 46.0 Å². The minimum absolute atomic E-state index is 0.0986. The molecule has 5 rings (SSSR count). The normalized spacial score (nSPS) is 24.5. The van der Waals surface area contributed by atoms with Crippen LogP contribution < -0.4 is 14.5 Å². The van der Waals surface area contributed by atoms with E-state index in [4.69, 9.17) is 4.74 Å². The van der Waals surface area contributed by atoms with Gasteiger partial charge in [0, 0.05) is 18.7 Å². The van der Waals surface area contributed by atoms with E-state index in [-0.39, 0.29) is 42.5 Å². The van der Waals surface area contributed by atoms with E-state index in [1.165, 1.54) is 4.90 Å². The van der Waals surface area contributed by atoms with Crippen molar-refractivity contribution in [3.05, 3.63) is 53.6 Å². The van der Waals surface area contributed by atoms with Crippen molar-refractivity contribution in [2.75, 3.05) is 16.3 Å². The molecule has 3 atom stereocenters. The molecule has 7 nitrogen and oxygen atoms in total. The van der Waals surface area contributed by atoms with Crippen LogP contribution >= 0.6 is 0 Å². The fraction of sp³-hybridized carbons (Fsp3) is 0.407. The number of nitrogens with zero attached hydrogens (tertiary/aromatic N) is 2. The van der Waals surface area contributed by atoms with Gasteiger partial charge in [0.05, 0.1) is 23.4 Å². The van der Waals surface area contributed by atoms with Crippen LogP contribution in [0.2, 0.25) is 0 Å². The highest BCUT2D eigenvalue weighted by Crippen LogP contribution is 2.40. The molecule has 0 spiro atoms. The summed E-state index contributed by atoms with van der Waals surface area (Å²) in [4.78, 5) is 53.9. The molecular formula is C27H28N2O5. The number of carbonyl (C=O) groups is 4. The molecule has 3 fully saturated rings. The number of anilines is 2. The van der Waals surface area contributed by atoms with Crippen LogP contribution in [0, 0.1) is 31.6 Å². The van der Waals surface area contributed by atoms with E-state index in [0.717, 1.165) is 42.5 Å². The van der Waals surface area contributed by atoms with Crippen LogP contribution in [0.4, 0.5) is 11.4 Å². The van der Waals surface area contributed by atoms with Crippen molar-refractivity contribution in [3.8, 4) is 5.75 Å². The molecule has 34 heavy (non-hydrogen) atoms. The quantitative estimate of drug-likeness (QED) is 0.392. The van der Waals surface area contributed by atoms with Crippen LogP contribution in [0.5, 0.6) is 5.75 Å². The predicted octanol–water partition coefficient (Wildman–Crippen LogP) is 3.94. The van der Waals surface area contributed by atoms with Crippen molar-refractivity contribution in [1.82, 2.24) is 0 Å². The van der Waals surface area contributed by atoms with Crippen LogP contribution in [-0.4, -0.2) is 30.2 Å². The molecule has 2 aliphatic heterocycles. The summed E-state index contributed by atoms with van der Waals surface area (Å²) in [5.41, 5.74) is 3.36. The molecule has 176 valence electrons. The van der Waals surface area contributed by atoms with Gasteiger partial charge in [-0.1, -0.05) is 25.0 Å². The lowest BCUT2D eigenvalue weighted by atomic mass is 9.81. The topological polar surface area (TPSA) is 84.0 Å². The number of ether oxygens (including phenoxy) is 1. The van der Waals surface area contributed by atoms with E-state index >= 15 is 0 Å². The second-order valence-electron chi connectivity index (χ2n) is 9.62. The van der Waals surface area contributed by atoms with Crippen molar-refractivity contribution in [1.29, 1.82) is 0 Å². The van der Waals surface area contributed by atoms with Gasteiger partial charge in [0.15, 0.2) is 0 Å². The number of hydrogen-bond donors (Lipinski definition) is 0. The lowest BCUT2D eigenvalue weighted by Crippen LogP contribution is -2.30. The first kappa shape index (κ1) is 22.3. The Morgan fingerprint density at radius 2 is 1.56 bits per heavy atom. The fourth-order valence-corrected chi connectivity index (χ4v) is 5.39. The highest BCUT2D eigenvalue weighted by atomic mass is 16.5. The number of hydrogen-bond acceptors (Lipinski definition) is 5. The number of imide groups is 1. The Hall–Kier alpha value is -3.48. The van der Waals surface area contributed by atoms with E-state index in [1.54, 1.807) is 29.2 Å². The third-order valence-corrected chi connectivity index (χ3v) is 7.27. The van der Waals surface area contributed by atoms with Crippen LogP contribution in [0.25, 0.3) is 0 Å². The van der Waals surface area contributed by atoms with Crippen LogP contribution in [0.3, 0.4) is 0 Å². The first-order valence-corrected chi connectivity index (χ1v) is 11.9. The predicted molar refractivity (Wildman–Crippen MR) is 126 cm³/mol. The molecule has 1 saturated carbocycles. The van der Waals surface area contributed by atoms with Gasteiger partial charge in [0.2, 0.25) is 17.7 Å². The van der Waals surface area contributed by atoms with Gasteiger partial charge in [-0.25, -0.2) is 0 Å². The molecule has 0 aromatic heterocycles. The molecule has 0 N–H and O–H groups in total. The Labute approximate surface area is 198 Å². The molecule has 2 aromatic rings. The Kier molecular flexibility index (Phi) is 5.71. The molecule has 3 amide bonds. The molecule has 0 unspecified atom stereocenters. The zero-order chi connectivity index (χ0) is 24.0. The SMILES string of the molecule is Cc1ccc(C)c(N2C[C@H](C(=O)Oc3ccc(N4C(=O)[C@H]5CCCC[C@@H]5C4=O)cc3)CC2=O)c1. The van der Waals surface area contributed by atoms with Gasteiger partial charge in [0.25, 0.3) is 0 Å². The number of aryl methyl sites for hydroxylation is 2. The van der Waals surface area contributed by atoms with Gasteiger partial charge >= 0.3 is 5.97 Å². The number of amides is 3. The maximum atomic E-state index is 12.8. The van der Waals surface area contributed by atoms with Gasteiger partial charge in [-0.05, 0) is 68.1 Å². The Balaban J connectivity index is 1.25.